The van der Waals surface area contributed by atoms with E-state index in [0.29, 0.717) is 0 Å². The molecule has 21 heavy (non-hydrogen) atoms. The molecule has 2 aromatic carbocycles. The predicted molar refractivity (Wildman–Crippen MR) is 73.5 cm³/mol. The van der Waals surface area contributed by atoms with E-state index < -0.39 is 21.5 Å². The van der Waals surface area contributed by atoms with E-state index in [-0.39, 0.29) is 27.7 Å². The fourth-order valence-corrected chi connectivity index (χ4v) is 3.66. The molecular weight excluding hydrogens is 298 g/mol. The third kappa shape index (κ3) is 2.31. The topological polar surface area (TPSA) is 43.4 Å². The van der Waals surface area contributed by atoms with Crippen molar-refractivity contribution < 1.29 is 21.9 Å². The molecule has 0 amide bonds. The Bertz CT molecular complexity index is 842. The molecule has 0 aromatic heterocycles. The number of hydrogen-bond donors (Lipinski definition) is 0. The van der Waals surface area contributed by atoms with Crippen molar-refractivity contribution in [1.82, 2.24) is 0 Å². The first-order valence-electron chi connectivity index (χ1n) is 6.11. The minimum Gasteiger partial charge on any atom is -0.485 e. The van der Waals surface area contributed by atoms with Crippen molar-refractivity contribution in [2.24, 2.45) is 0 Å². The summed E-state index contributed by atoms with van der Waals surface area (Å²) in [4.78, 5) is -0.442. The summed E-state index contributed by atoms with van der Waals surface area (Å²) in [6.45, 7) is -0.350. The largest absolute Gasteiger partial charge is 0.485 e. The highest BCUT2D eigenvalue weighted by atomic mass is 32.2. The van der Waals surface area contributed by atoms with Gasteiger partial charge in [0.05, 0.1) is 4.91 Å². The monoisotopic (exact) mass is 308 g/mol. The van der Waals surface area contributed by atoms with E-state index in [1.807, 2.05) is 0 Å². The molecule has 0 aliphatic carbocycles. The molecule has 108 valence electrons. The van der Waals surface area contributed by atoms with Crippen molar-refractivity contribution in [3.8, 4) is 5.75 Å². The molecule has 3 rings (SSSR count). The maximum atomic E-state index is 13.7. The van der Waals surface area contributed by atoms with Crippen molar-refractivity contribution in [2.45, 2.75) is 4.90 Å². The van der Waals surface area contributed by atoms with Gasteiger partial charge in [0.15, 0.2) is 11.6 Å². The Balaban J connectivity index is 1.89. The maximum Gasteiger partial charge on any atom is 0.209 e. The van der Waals surface area contributed by atoms with Gasteiger partial charge in [0.25, 0.3) is 0 Å². The fourth-order valence-electron chi connectivity index (χ4n) is 2.13. The standard InChI is InChI=1S/C15H10F2O3S/c16-12-5-1-2-7-14(12)20-9-11-8-10-4-3-6-13(17)15(10)21(11,18)19/h1-8H,9H2. The molecular formula is C15H10F2O3S. The van der Waals surface area contributed by atoms with Crippen LogP contribution in [0.15, 0.2) is 52.3 Å². The van der Waals surface area contributed by atoms with Crippen molar-refractivity contribution >= 4 is 15.9 Å². The minimum atomic E-state index is -3.92. The molecule has 1 aliphatic heterocycles. The first-order chi connectivity index (χ1) is 10.00. The zero-order chi connectivity index (χ0) is 15.0. The van der Waals surface area contributed by atoms with E-state index in [4.69, 9.17) is 4.74 Å². The van der Waals surface area contributed by atoms with Crippen molar-refractivity contribution in [3.05, 3.63) is 64.6 Å². The Kier molecular flexibility index (Phi) is 3.25. The molecule has 0 saturated carbocycles. The summed E-state index contributed by atoms with van der Waals surface area (Å²) in [6, 6.07) is 9.70. The summed E-state index contributed by atoms with van der Waals surface area (Å²) in [6.07, 6.45) is 1.34. The summed E-state index contributed by atoms with van der Waals surface area (Å²) < 4.78 is 56.7. The van der Waals surface area contributed by atoms with Gasteiger partial charge in [0.2, 0.25) is 9.84 Å². The van der Waals surface area contributed by atoms with Gasteiger partial charge in [-0.2, -0.15) is 0 Å². The zero-order valence-corrected chi connectivity index (χ0v) is 11.5. The molecule has 0 spiro atoms. The molecule has 0 fully saturated rings. The first-order valence-corrected chi connectivity index (χ1v) is 7.60. The normalized spacial score (nSPS) is 15.4. The lowest BCUT2D eigenvalue weighted by Gasteiger charge is -2.08. The molecule has 0 radical (unpaired) electrons. The van der Waals surface area contributed by atoms with Gasteiger partial charge >= 0.3 is 0 Å². The predicted octanol–water partition coefficient (Wildman–Crippen LogP) is 3.17. The second kappa shape index (κ2) is 4.96. The quantitative estimate of drug-likeness (QED) is 0.874. The van der Waals surface area contributed by atoms with Crippen molar-refractivity contribution in [2.75, 3.05) is 6.61 Å². The Labute approximate surface area is 120 Å². The lowest BCUT2D eigenvalue weighted by Crippen LogP contribution is -2.10. The smallest absolute Gasteiger partial charge is 0.209 e. The van der Waals surface area contributed by atoms with Gasteiger partial charge in [-0.25, -0.2) is 17.2 Å². The minimum absolute atomic E-state index is 0.0509. The highest BCUT2D eigenvalue weighted by molar-refractivity contribution is 7.95. The molecule has 0 unspecified atom stereocenters. The van der Waals surface area contributed by atoms with Crippen LogP contribution in [0.1, 0.15) is 5.56 Å². The Morgan fingerprint density at radius 3 is 2.38 bits per heavy atom. The van der Waals surface area contributed by atoms with Gasteiger partial charge < -0.3 is 4.74 Å². The number of sulfone groups is 1. The maximum absolute atomic E-state index is 13.7. The van der Waals surface area contributed by atoms with Gasteiger partial charge in [-0.05, 0) is 29.8 Å². The lowest BCUT2D eigenvalue weighted by atomic mass is 10.2. The number of halogens is 2. The van der Waals surface area contributed by atoms with Crippen molar-refractivity contribution in [3.63, 3.8) is 0 Å². The molecule has 3 nitrogen and oxygen atoms in total. The van der Waals surface area contributed by atoms with Crippen LogP contribution in [0.5, 0.6) is 5.75 Å². The van der Waals surface area contributed by atoms with Crippen LogP contribution in [0.2, 0.25) is 0 Å². The number of fused-ring (bicyclic) bond motifs is 1. The molecule has 0 N–H and O–H groups in total. The van der Waals surface area contributed by atoms with Crippen LogP contribution in [0, 0.1) is 11.6 Å². The van der Waals surface area contributed by atoms with E-state index in [9.17, 15) is 17.2 Å². The highest BCUT2D eigenvalue weighted by Gasteiger charge is 2.32. The fraction of sp³-hybridized carbons (Fsp3) is 0.0667. The highest BCUT2D eigenvalue weighted by Crippen LogP contribution is 2.34. The summed E-state index contributed by atoms with van der Waals surface area (Å²) in [5, 5.41) is 0. The number of rotatable bonds is 3. The molecule has 0 bridgehead atoms. The zero-order valence-electron chi connectivity index (χ0n) is 10.7. The number of ether oxygens (including phenoxy) is 1. The van der Waals surface area contributed by atoms with Crippen LogP contribution >= 0.6 is 0 Å². The van der Waals surface area contributed by atoms with E-state index in [2.05, 4.69) is 0 Å². The SMILES string of the molecule is O=S1(=O)C(COc2ccccc2F)=Cc2cccc(F)c21. The van der Waals surface area contributed by atoms with Crippen LogP contribution in [0.25, 0.3) is 6.08 Å². The van der Waals surface area contributed by atoms with Crippen LogP contribution < -0.4 is 4.74 Å². The lowest BCUT2D eigenvalue weighted by molar-refractivity contribution is 0.338. The average Bonchev–Trinajstić information content (AvgIpc) is 2.70. The molecule has 6 heteroatoms. The van der Waals surface area contributed by atoms with Gasteiger partial charge in [-0.1, -0.05) is 24.3 Å². The number of benzene rings is 2. The van der Waals surface area contributed by atoms with Gasteiger partial charge in [0, 0.05) is 0 Å². The molecule has 1 aliphatic rings. The Hall–Kier alpha value is -2.21. The molecule has 1 heterocycles. The Morgan fingerprint density at radius 2 is 1.67 bits per heavy atom. The van der Waals surface area contributed by atoms with Gasteiger partial charge in [-0.15, -0.1) is 0 Å². The van der Waals surface area contributed by atoms with Crippen LogP contribution in [-0.2, 0) is 9.84 Å². The second-order valence-electron chi connectivity index (χ2n) is 4.49. The molecule has 2 aromatic rings. The van der Waals surface area contributed by atoms with E-state index in [1.165, 1.54) is 36.4 Å². The molecule has 0 atom stereocenters. The first kappa shape index (κ1) is 13.8. The molecule has 0 saturated heterocycles. The second-order valence-corrected chi connectivity index (χ2v) is 6.43. The van der Waals surface area contributed by atoms with E-state index >= 15 is 0 Å². The summed E-state index contributed by atoms with van der Waals surface area (Å²) >= 11 is 0. The van der Waals surface area contributed by atoms with E-state index in [0.717, 1.165) is 6.07 Å². The van der Waals surface area contributed by atoms with Gasteiger partial charge in [0.1, 0.15) is 17.3 Å². The van der Waals surface area contributed by atoms with Crippen molar-refractivity contribution in [1.29, 1.82) is 0 Å². The average molecular weight is 308 g/mol. The van der Waals surface area contributed by atoms with E-state index in [1.54, 1.807) is 6.07 Å². The number of hydrogen-bond acceptors (Lipinski definition) is 3. The summed E-state index contributed by atoms with van der Waals surface area (Å²) in [7, 11) is -3.92. The summed E-state index contributed by atoms with van der Waals surface area (Å²) in [5.41, 5.74) is 0.280. The van der Waals surface area contributed by atoms with Crippen LogP contribution in [0.3, 0.4) is 0 Å². The van der Waals surface area contributed by atoms with Gasteiger partial charge in [-0.3, -0.25) is 0 Å². The van der Waals surface area contributed by atoms with Crippen LogP contribution in [-0.4, -0.2) is 15.0 Å². The summed E-state index contributed by atoms with van der Waals surface area (Å²) in [5.74, 6) is -1.44. The number of para-hydroxylation sites is 1. The third-order valence-electron chi connectivity index (χ3n) is 3.13. The van der Waals surface area contributed by atoms with Crippen LogP contribution in [0.4, 0.5) is 8.78 Å². The Morgan fingerprint density at radius 1 is 0.952 bits per heavy atom. The third-order valence-corrected chi connectivity index (χ3v) is 5.03.